The molecule has 126 valence electrons. The Kier molecular flexibility index (Phi) is 4.90. The number of rotatable bonds is 4. The highest BCUT2D eigenvalue weighted by Gasteiger charge is 2.27. The summed E-state index contributed by atoms with van der Waals surface area (Å²) in [6, 6.07) is 9.22. The lowest BCUT2D eigenvalue weighted by Gasteiger charge is -2.32. The lowest BCUT2D eigenvalue weighted by Crippen LogP contribution is -2.42. The summed E-state index contributed by atoms with van der Waals surface area (Å²) in [6.07, 6.45) is 1.38. The van der Waals surface area contributed by atoms with E-state index >= 15 is 0 Å². The summed E-state index contributed by atoms with van der Waals surface area (Å²) in [5.41, 5.74) is 1.47. The molecule has 24 heavy (non-hydrogen) atoms. The van der Waals surface area contributed by atoms with Gasteiger partial charge in [-0.2, -0.15) is 0 Å². The van der Waals surface area contributed by atoms with E-state index in [-0.39, 0.29) is 17.9 Å². The summed E-state index contributed by atoms with van der Waals surface area (Å²) in [5, 5.41) is 2.71. The lowest BCUT2D eigenvalue weighted by molar-refractivity contribution is -0.119. The maximum absolute atomic E-state index is 12.6. The number of aromatic amines is 1. The Morgan fingerprint density at radius 3 is 2.92 bits per heavy atom. The SMILES string of the molecule is CC(=O)NCc1cnc([C@H]2CN(C(=O)c3ccccc3)CCO2)[nH]1. The van der Waals surface area contributed by atoms with Gasteiger partial charge in [0, 0.05) is 19.0 Å². The average molecular weight is 328 g/mol. The highest BCUT2D eigenvalue weighted by Crippen LogP contribution is 2.21. The Labute approximate surface area is 140 Å². The van der Waals surface area contributed by atoms with Gasteiger partial charge in [-0.15, -0.1) is 0 Å². The Morgan fingerprint density at radius 1 is 1.38 bits per heavy atom. The van der Waals surface area contributed by atoms with Crippen molar-refractivity contribution in [1.29, 1.82) is 0 Å². The fourth-order valence-corrected chi connectivity index (χ4v) is 2.61. The first kappa shape index (κ1) is 16.2. The minimum atomic E-state index is -0.294. The lowest BCUT2D eigenvalue weighted by atomic mass is 10.1. The molecule has 1 fully saturated rings. The first-order valence-corrected chi connectivity index (χ1v) is 7.87. The van der Waals surface area contributed by atoms with Gasteiger partial charge >= 0.3 is 0 Å². The molecule has 2 aromatic rings. The quantitative estimate of drug-likeness (QED) is 0.884. The molecule has 1 aliphatic heterocycles. The van der Waals surface area contributed by atoms with Gasteiger partial charge in [-0.1, -0.05) is 18.2 Å². The Bertz CT molecular complexity index is 714. The first-order valence-electron chi connectivity index (χ1n) is 7.87. The van der Waals surface area contributed by atoms with Gasteiger partial charge in [0.15, 0.2) is 0 Å². The zero-order valence-electron chi connectivity index (χ0n) is 13.5. The second-order valence-corrected chi connectivity index (χ2v) is 5.68. The molecule has 2 amide bonds. The molecule has 1 aromatic heterocycles. The number of hydrogen-bond acceptors (Lipinski definition) is 4. The van der Waals surface area contributed by atoms with Gasteiger partial charge in [-0.05, 0) is 12.1 Å². The van der Waals surface area contributed by atoms with Gasteiger partial charge in [-0.25, -0.2) is 4.98 Å². The second kappa shape index (κ2) is 7.27. The fourth-order valence-electron chi connectivity index (χ4n) is 2.61. The number of nitrogens with one attached hydrogen (secondary N) is 2. The molecule has 0 bridgehead atoms. The number of ether oxygens (including phenoxy) is 1. The fraction of sp³-hybridized carbons (Fsp3) is 0.353. The molecule has 1 atom stereocenters. The summed E-state index contributed by atoms with van der Waals surface area (Å²) in [4.78, 5) is 32.8. The Morgan fingerprint density at radius 2 is 2.17 bits per heavy atom. The molecule has 2 heterocycles. The monoisotopic (exact) mass is 328 g/mol. The number of H-pyrrole nitrogens is 1. The molecule has 1 aliphatic rings. The smallest absolute Gasteiger partial charge is 0.254 e. The molecular weight excluding hydrogens is 308 g/mol. The topological polar surface area (TPSA) is 87.3 Å². The maximum Gasteiger partial charge on any atom is 0.254 e. The summed E-state index contributed by atoms with van der Waals surface area (Å²) in [5.74, 6) is 0.564. The van der Waals surface area contributed by atoms with E-state index in [1.54, 1.807) is 11.1 Å². The van der Waals surface area contributed by atoms with Gasteiger partial charge in [0.2, 0.25) is 5.91 Å². The first-order chi connectivity index (χ1) is 11.6. The van der Waals surface area contributed by atoms with Crippen LogP contribution >= 0.6 is 0 Å². The molecule has 3 rings (SSSR count). The second-order valence-electron chi connectivity index (χ2n) is 5.68. The van der Waals surface area contributed by atoms with Crippen molar-refractivity contribution in [2.24, 2.45) is 0 Å². The molecule has 0 radical (unpaired) electrons. The number of benzene rings is 1. The van der Waals surface area contributed by atoms with E-state index < -0.39 is 0 Å². The van der Waals surface area contributed by atoms with Crippen LogP contribution in [0.25, 0.3) is 0 Å². The summed E-state index contributed by atoms with van der Waals surface area (Å²) in [7, 11) is 0. The van der Waals surface area contributed by atoms with E-state index in [1.807, 2.05) is 30.3 Å². The van der Waals surface area contributed by atoms with Crippen molar-refractivity contribution in [3.8, 4) is 0 Å². The third-order valence-corrected chi connectivity index (χ3v) is 3.86. The molecule has 1 saturated heterocycles. The molecule has 0 aliphatic carbocycles. The highest BCUT2D eigenvalue weighted by molar-refractivity contribution is 5.94. The number of nitrogens with zero attached hydrogens (tertiary/aromatic N) is 2. The van der Waals surface area contributed by atoms with Crippen LogP contribution in [0.2, 0.25) is 0 Å². The normalized spacial score (nSPS) is 17.5. The maximum atomic E-state index is 12.6. The van der Waals surface area contributed by atoms with Crippen molar-refractivity contribution in [3.05, 3.63) is 53.6 Å². The van der Waals surface area contributed by atoms with Crippen molar-refractivity contribution in [3.63, 3.8) is 0 Å². The number of hydrogen-bond donors (Lipinski definition) is 2. The minimum absolute atomic E-state index is 0.00562. The number of amides is 2. The molecule has 0 saturated carbocycles. The standard InChI is InChI=1S/C17H20N4O3/c1-12(22)18-9-14-10-19-16(20-14)15-11-21(7-8-24-15)17(23)13-5-3-2-4-6-13/h2-6,10,15H,7-9,11H2,1H3,(H,18,22)(H,19,20)/t15-/m1/s1. The van der Waals surface area contributed by atoms with Crippen molar-refractivity contribution < 1.29 is 14.3 Å². The highest BCUT2D eigenvalue weighted by atomic mass is 16.5. The van der Waals surface area contributed by atoms with Crippen LogP contribution in [0.15, 0.2) is 36.5 Å². The zero-order valence-corrected chi connectivity index (χ0v) is 13.5. The van der Waals surface area contributed by atoms with Crippen LogP contribution in [0.5, 0.6) is 0 Å². The number of carbonyl (C=O) groups is 2. The number of aromatic nitrogens is 2. The van der Waals surface area contributed by atoms with Gasteiger partial charge in [0.1, 0.15) is 11.9 Å². The number of carbonyl (C=O) groups excluding carboxylic acids is 2. The van der Waals surface area contributed by atoms with E-state index in [4.69, 9.17) is 4.74 Å². The third kappa shape index (κ3) is 3.80. The Hall–Kier alpha value is -2.67. The van der Waals surface area contributed by atoms with Crippen molar-refractivity contribution >= 4 is 11.8 Å². The zero-order chi connectivity index (χ0) is 16.9. The van der Waals surface area contributed by atoms with Crippen LogP contribution in [0.4, 0.5) is 0 Å². The molecule has 7 heteroatoms. The van der Waals surface area contributed by atoms with Gasteiger partial charge in [0.05, 0.1) is 31.6 Å². The largest absolute Gasteiger partial charge is 0.367 e. The van der Waals surface area contributed by atoms with Crippen LogP contribution < -0.4 is 5.32 Å². The summed E-state index contributed by atoms with van der Waals surface area (Å²) in [6.45, 7) is 3.33. The van der Waals surface area contributed by atoms with E-state index in [2.05, 4.69) is 15.3 Å². The molecular formula is C17H20N4O3. The average Bonchev–Trinajstić information content (AvgIpc) is 3.09. The molecule has 0 unspecified atom stereocenters. The summed E-state index contributed by atoms with van der Waals surface area (Å²) >= 11 is 0. The molecule has 2 N–H and O–H groups in total. The van der Waals surface area contributed by atoms with Crippen molar-refractivity contribution in [1.82, 2.24) is 20.2 Å². The predicted octanol–water partition coefficient (Wildman–Crippen LogP) is 1.26. The van der Waals surface area contributed by atoms with Crippen LogP contribution in [-0.2, 0) is 16.1 Å². The van der Waals surface area contributed by atoms with E-state index in [1.165, 1.54) is 6.92 Å². The van der Waals surface area contributed by atoms with Crippen LogP contribution in [0.1, 0.15) is 34.9 Å². The molecule has 1 aromatic carbocycles. The van der Waals surface area contributed by atoms with E-state index in [9.17, 15) is 9.59 Å². The van der Waals surface area contributed by atoms with E-state index in [0.29, 0.717) is 37.6 Å². The predicted molar refractivity (Wildman–Crippen MR) is 87.1 cm³/mol. The third-order valence-electron chi connectivity index (χ3n) is 3.86. The van der Waals surface area contributed by atoms with E-state index in [0.717, 1.165) is 5.69 Å². The molecule has 0 spiro atoms. The van der Waals surface area contributed by atoms with Crippen LogP contribution in [-0.4, -0.2) is 46.4 Å². The number of morpholine rings is 1. The Balaban J connectivity index is 1.65. The van der Waals surface area contributed by atoms with Crippen molar-refractivity contribution in [2.75, 3.05) is 19.7 Å². The minimum Gasteiger partial charge on any atom is -0.367 e. The van der Waals surface area contributed by atoms with Gasteiger partial charge in [-0.3, -0.25) is 9.59 Å². The van der Waals surface area contributed by atoms with Crippen LogP contribution in [0, 0.1) is 0 Å². The number of imidazole rings is 1. The van der Waals surface area contributed by atoms with Gasteiger partial charge in [0.25, 0.3) is 5.91 Å². The molecule has 7 nitrogen and oxygen atoms in total. The van der Waals surface area contributed by atoms with Crippen molar-refractivity contribution in [2.45, 2.75) is 19.6 Å². The summed E-state index contributed by atoms with van der Waals surface area (Å²) < 4.78 is 5.74. The van der Waals surface area contributed by atoms with Gasteiger partial charge < -0.3 is 19.9 Å². The van der Waals surface area contributed by atoms with Crippen LogP contribution in [0.3, 0.4) is 0 Å².